The van der Waals surface area contributed by atoms with E-state index in [2.05, 4.69) is 16.8 Å². The molecule has 1 saturated heterocycles. The summed E-state index contributed by atoms with van der Waals surface area (Å²) < 4.78 is 0. The molecular formula is C15H18N4O2. The average Bonchev–Trinajstić information content (AvgIpc) is 2.52. The molecule has 2 N–H and O–H groups in total. The molecule has 0 unspecified atom stereocenters. The van der Waals surface area contributed by atoms with Crippen LogP contribution in [0.2, 0.25) is 0 Å². The van der Waals surface area contributed by atoms with Crippen LogP contribution in [0.5, 0.6) is 0 Å². The highest BCUT2D eigenvalue weighted by Crippen LogP contribution is 2.10. The van der Waals surface area contributed by atoms with Crippen LogP contribution in [0.15, 0.2) is 18.3 Å². The van der Waals surface area contributed by atoms with Gasteiger partial charge < -0.3 is 15.5 Å². The Hall–Kier alpha value is -2.39. The van der Waals surface area contributed by atoms with E-state index in [0.29, 0.717) is 37.4 Å². The Bertz CT molecular complexity index is 595. The van der Waals surface area contributed by atoms with Crippen LogP contribution in [0, 0.1) is 11.8 Å². The van der Waals surface area contributed by atoms with Gasteiger partial charge in [0, 0.05) is 39.3 Å². The first-order valence-electron chi connectivity index (χ1n) is 6.82. The van der Waals surface area contributed by atoms with Crippen molar-refractivity contribution in [1.29, 1.82) is 0 Å². The van der Waals surface area contributed by atoms with Crippen molar-refractivity contribution in [3.8, 4) is 11.8 Å². The average molecular weight is 286 g/mol. The Labute approximate surface area is 123 Å². The van der Waals surface area contributed by atoms with E-state index in [9.17, 15) is 9.59 Å². The van der Waals surface area contributed by atoms with Crippen molar-refractivity contribution < 1.29 is 9.59 Å². The molecule has 1 fully saturated rings. The largest absolute Gasteiger partial charge is 0.339 e. The highest BCUT2D eigenvalue weighted by molar-refractivity contribution is 5.95. The number of pyridine rings is 1. The third-order valence-electron chi connectivity index (χ3n) is 3.35. The van der Waals surface area contributed by atoms with E-state index in [4.69, 9.17) is 5.73 Å². The van der Waals surface area contributed by atoms with E-state index in [1.807, 2.05) is 0 Å². The standard InChI is InChI=1S/C15H18N4O2/c1-12(20)18-8-10-19(11-9-18)15(21)14-13(4-2-6-16)5-3-7-17-14/h3,5,7H,6,8-11,16H2,1H3. The lowest BCUT2D eigenvalue weighted by molar-refractivity contribution is -0.130. The van der Waals surface area contributed by atoms with Crippen LogP contribution in [0.1, 0.15) is 23.0 Å². The Morgan fingerprint density at radius 1 is 1.29 bits per heavy atom. The number of carbonyl (C=O) groups is 2. The summed E-state index contributed by atoms with van der Waals surface area (Å²) in [6.45, 7) is 3.91. The van der Waals surface area contributed by atoms with Gasteiger partial charge >= 0.3 is 0 Å². The van der Waals surface area contributed by atoms with E-state index in [1.165, 1.54) is 6.92 Å². The second kappa shape index (κ2) is 6.86. The number of aromatic nitrogens is 1. The normalized spacial score (nSPS) is 14.4. The number of nitrogens with two attached hydrogens (primary N) is 1. The van der Waals surface area contributed by atoms with E-state index < -0.39 is 0 Å². The van der Waals surface area contributed by atoms with Crippen LogP contribution >= 0.6 is 0 Å². The summed E-state index contributed by atoms with van der Waals surface area (Å²) in [5, 5.41) is 0. The Morgan fingerprint density at radius 3 is 2.57 bits per heavy atom. The summed E-state index contributed by atoms with van der Waals surface area (Å²) in [6.07, 6.45) is 1.58. The van der Waals surface area contributed by atoms with Gasteiger partial charge in [-0.05, 0) is 12.1 Å². The van der Waals surface area contributed by atoms with Gasteiger partial charge in [-0.15, -0.1) is 0 Å². The van der Waals surface area contributed by atoms with Crippen molar-refractivity contribution in [1.82, 2.24) is 14.8 Å². The maximum absolute atomic E-state index is 12.5. The predicted molar refractivity (Wildman–Crippen MR) is 78.3 cm³/mol. The van der Waals surface area contributed by atoms with Gasteiger partial charge in [0.25, 0.3) is 5.91 Å². The van der Waals surface area contributed by atoms with Crippen LogP contribution in [-0.4, -0.2) is 59.3 Å². The fourth-order valence-corrected chi connectivity index (χ4v) is 2.20. The van der Waals surface area contributed by atoms with Gasteiger partial charge in [0.1, 0.15) is 5.69 Å². The molecule has 2 rings (SSSR count). The first kappa shape index (κ1) is 15.0. The quantitative estimate of drug-likeness (QED) is 0.719. The fourth-order valence-electron chi connectivity index (χ4n) is 2.20. The zero-order valence-corrected chi connectivity index (χ0v) is 12.0. The molecule has 21 heavy (non-hydrogen) atoms. The molecule has 6 heteroatoms. The third-order valence-corrected chi connectivity index (χ3v) is 3.35. The molecule has 0 bridgehead atoms. The van der Waals surface area contributed by atoms with Gasteiger partial charge in [-0.3, -0.25) is 9.59 Å². The van der Waals surface area contributed by atoms with Gasteiger partial charge in [0.15, 0.2) is 0 Å². The zero-order chi connectivity index (χ0) is 15.2. The van der Waals surface area contributed by atoms with Crippen LogP contribution in [0.3, 0.4) is 0 Å². The summed E-state index contributed by atoms with van der Waals surface area (Å²) in [5.74, 6) is 5.49. The SMILES string of the molecule is CC(=O)N1CCN(C(=O)c2ncccc2C#CCN)CC1. The number of rotatable bonds is 1. The molecule has 110 valence electrons. The molecule has 2 amide bonds. The number of amides is 2. The van der Waals surface area contributed by atoms with Crippen molar-refractivity contribution in [2.45, 2.75) is 6.92 Å². The molecule has 0 aromatic carbocycles. The van der Waals surface area contributed by atoms with Gasteiger partial charge in [0.05, 0.1) is 12.1 Å². The van der Waals surface area contributed by atoms with Crippen molar-refractivity contribution >= 4 is 11.8 Å². The minimum absolute atomic E-state index is 0.0365. The number of hydrogen-bond acceptors (Lipinski definition) is 4. The van der Waals surface area contributed by atoms with E-state index >= 15 is 0 Å². The minimum Gasteiger partial charge on any atom is -0.339 e. The molecule has 6 nitrogen and oxygen atoms in total. The Kier molecular flexibility index (Phi) is 4.90. The molecule has 1 aliphatic rings. The Morgan fingerprint density at radius 2 is 1.95 bits per heavy atom. The second-order valence-electron chi connectivity index (χ2n) is 4.70. The number of carbonyl (C=O) groups excluding carboxylic acids is 2. The van der Waals surface area contributed by atoms with Gasteiger partial charge in [-0.2, -0.15) is 0 Å². The van der Waals surface area contributed by atoms with Crippen molar-refractivity contribution in [3.63, 3.8) is 0 Å². The minimum atomic E-state index is -0.153. The lowest BCUT2D eigenvalue weighted by Gasteiger charge is -2.34. The molecular weight excluding hydrogens is 268 g/mol. The van der Waals surface area contributed by atoms with E-state index in [1.54, 1.807) is 28.1 Å². The molecule has 1 aliphatic heterocycles. The highest BCUT2D eigenvalue weighted by atomic mass is 16.2. The first-order valence-corrected chi connectivity index (χ1v) is 6.82. The summed E-state index contributed by atoms with van der Waals surface area (Å²) in [6, 6.07) is 3.50. The molecule has 1 aromatic heterocycles. The Balaban J connectivity index is 2.13. The number of hydrogen-bond donors (Lipinski definition) is 1. The fraction of sp³-hybridized carbons (Fsp3) is 0.400. The molecule has 0 aliphatic carbocycles. The molecule has 0 saturated carbocycles. The lowest BCUT2D eigenvalue weighted by Crippen LogP contribution is -2.50. The predicted octanol–water partition coefficient (Wildman–Crippen LogP) is -0.304. The summed E-state index contributed by atoms with van der Waals surface area (Å²) in [5.41, 5.74) is 6.29. The highest BCUT2D eigenvalue weighted by Gasteiger charge is 2.25. The van der Waals surface area contributed by atoms with Crippen LogP contribution in [-0.2, 0) is 4.79 Å². The first-order chi connectivity index (χ1) is 10.1. The second-order valence-corrected chi connectivity index (χ2v) is 4.70. The molecule has 1 aromatic rings. The summed E-state index contributed by atoms with van der Waals surface area (Å²) in [7, 11) is 0. The summed E-state index contributed by atoms with van der Waals surface area (Å²) in [4.78, 5) is 31.4. The van der Waals surface area contributed by atoms with Crippen molar-refractivity contribution in [3.05, 3.63) is 29.6 Å². The molecule has 0 radical (unpaired) electrons. The van der Waals surface area contributed by atoms with Crippen molar-refractivity contribution in [2.24, 2.45) is 5.73 Å². The molecule has 2 heterocycles. The number of piperazine rings is 1. The van der Waals surface area contributed by atoms with E-state index in [-0.39, 0.29) is 18.4 Å². The molecule has 0 atom stereocenters. The van der Waals surface area contributed by atoms with Crippen LogP contribution in [0.25, 0.3) is 0 Å². The third kappa shape index (κ3) is 3.58. The van der Waals surface area contributed by atoms with E-state index in [0.717, 1.165) is 0 Å². The van der Waals surface area contributed by atoms with Gasteiger partial charge in [-0.25, -0.2) is 4.98 Å². The monoisotopic (exact) mass is 286 g/mol. The smallest absolute Gasteiger partial charge is 0.273 e. The van der Waals surface area contributed by atoms with Crippen LogP contribution < -0.4 is 5.73 Å². The number of nitrogens with zero attached hydrogens (tertiary/aromatic N) is 3. The maximum Gasteiger partial charge on any atom is 0.273 e. The van der Waals surface area contributed by atoms with Crippen molar-refractivity contribution in [2.75, 3.05) is 32.7 Å². The zero-order valence-electron chi connectivity index (χ0n) is 12.0. The summed E-state index contributed by atoms with van der Waals surface area (Å²) >= 11 is 0. The lowest BCUT2D eigenvalue weighted by atomic mass is 10.1. The topological polar surface area (TPSA) is 79.5 Å². The maximum atomic E-state index is 12.5. The molecule has 0 spiro atoms. The van der Waals surface area contributed by atoms with Gasteiger partial charge in [0.2, 0.25) is 5.91 Å². The van der Waals surface area contributed by atoms with Gasteiger partial charge in [-0.1, -0.05) is 11.8 Å². The van der Waals surface area contributed by atoms with Crippen LogP contribution in [0.4, 0.5) is 0 Å².